The Morgan fingerprint density at radius 1 is 1.30 bits per heavy atom. The molecule has 0 saturated heterocycles. The Kier molecular flexibility index (Phi) is 6.28. The normalized spacial score (nSPS) is 10.5. The smallest absolute Gasteiger partial charge is 0.316 e. The van der Waals surface area contributed by atoms with Gasteiger partial charge in [-0.3, -0.25) is 4.79 Å². The van der Waals surface area contributed by atoms with E-state index in [1.807, 2.05) is 31.2 Å². The van der Waals surface area contributed by atoms with Crippen LogP contribution in [0.1, 0.15) is 19.8 Å². The number of aromatic nitrogens is 3. The molecule has 8 heteroatoms. The van der Waals surface area contributed by atoms with Crippen molar-refractivity contribution in [3.05, 3.63) is 24.3 Å². The van der Waals surface area contributed by atoms with Crippen LogP contribution in [0.15, 0.2) is 29.4 Å². The molecule has 1 aromatic carbocycles. The maximum atomic E-state index is 11.6. The summed E-state index contributed by atoms with van der Waals surface area (Å²) in [4.78, 5) is 11.6. The predicted molar refractivity (Wildman–Crippen MR) is 88.8 cm³/mol. The van der Waals surface area contributed by atoms with Gasteiger partial charge in [-0.1, -0.05) is 25.1 Å². The number of esters is 1. The zero-order valence-corrected chi connectivity index (χ0v) is 14.0. The van der Waals surface area contributed by atoms with Crippen LogP contribution in [0.3, 0.4) is 0 Å². The molecule has 0 atom stereocenters. The first kappa shape index (κ1) is 17.1. The number of hydrogen-bond donors (Lipinski definition) is 1. The average molecular weight is 336 g/mol. The standard InChI is InChI=1S/C15H20N4O3S/c1-3-4-9-22-13(20)10-23-15-18-17-14(19(15)16)11-5-7-12(21-2)8-6-11/h5-8H,3-4,9-10,16H2,1-2H3. The van der Waals surface area contributed by atoms with Crippen LogP contribution in [0.2, 0.25) is 0 Å². The first-order chi connectivity index (χ1) is 11.2. The SMILES string of the molecule is CCCCOC(=O)CSc1nnc(-c2ccc(OC)cc2)n1N. The molecule has 0 aliphatic rings. The van der Waals surface area contributed by atoms with Crippen LogP contribution < -0.4 is 10.6 Å². The summed E-state index contributed by atoms with van der Waals surface area (Å²) < 4.78 is 11.6. The summed E-state index contributed by atoms with van der Waals surface area (Å²) in [5.74, 6) is 7.15. The minimum Gasteiger partial charge on any atom is -0.497 e. The maximum Gasteiger partial charge on any atom is 0.316 e. The number of rotatable bonds is 8. The Morgan fingerprint density at radius 2 is 2.04 bits per heavy atom. The van der Waals surface area contributed by atoms with Crippen LogP contribution >= 0.6 is 11.8 Å². The van der Waals surface area contributed by atoms with Crippen LogP contribution in [0, 0.1) is 0 Å². The van der Waals surface area contributed by atoms with Crippen molar-refractivity contribution in [1.29, 1.82) is 0 Å². The molecule has 2 aromatic rings. The van der Waals surface area contributed by atoms with E-state index < -0.39 is 0 Å². The molecule has 0 saturated carbocycles. The van der Waals surface area contributed by atoms with Crippen molar-refractivity contribution in [1.82, 2.24) is 14.9 Å². The highest BCUT2D eigenvalue weighted by atomic mass is 32.2. The summed E-state index contributed by atoms with van der Waals surface area (Å²) in [5, 5.41) is 8.55. The molecule has 0 aliphatic heterocycles. The molecule has 1 heterocycles. The third kappa shape index (κ3) is 4.62. The second kappa shape index (κ2) is 8.42. The second-order valence-electron chi connectivity index (χ2n) is 4.77. The lowest BCUT2D eigenvalue weighted by Gasteiger charge is -2.05. The number of nitrogens with two attached hydrogens (primary N) is 1. The van der Waals surface area contributed by atoms with Crippen molar-refractivity contribution in [3.8, 4) is 17.1 Å². The van der Waals surface area contributed by atoms with E-state index in [2.05, 4.69) is 10.2 Å². The fraction of sp³-hybridized carbons (Fsp3) is 0.400. The Bertz CT molecular complexity index is 643. The molecule has 2 rings (SSSR count). The number of nitrogen functional groups attached to an aromatic ring is 1. The molecule has 0 aliphatic carbocycles. The van der Waals surface area contributed by atoms with Crippen LogP contribution in [-0.4, -0.2) is 40.3 Å². The summed E-state index contributed by atoms with van der Waals surface area (Å²) in [6.07, 6.45) is 1.86. The topological polar surface area (TPSA) is 92.3 Å². The molecule has 23 heavy (non-hydrogen) atoms. The van der Waals surface area contributed by atoms with Gasteiger partial charge in [-0.25, -0.2) is 4.68 Å². The highest BCUT2D eigenvalue weighted by Gasteiger charge is 2.14. The molecule has 0 radical (unpaired) electrons. The van der Waals surface area contributed by atoms with E-state index in [1.54, 1.807) is 7.11 Å². The van der Waals surface area contributed by atoms with Crippen molar-refractivity contribution in [2.45, 2.75) is 24.9 Å². The Balaban J connectivity index is 1.97. The monoisotopic (exact) mass is 336 g/mol. The van der Waals surface area contributed by atoms with Gasteiger partial charge in [-0.05, 0) is 30.7 Å². The minimum absolute atomic E-state index is 0.154. The van der Waals surface area contributed by atoms with Gasteiger partial charge in [0.15, 0.2) is 5.82 Å². The second-order valence-corrected chi connectivity index (χ2v) is 5.71. The van der Waals surface area contributed by atoms with Crippen LogP contribution in [0.25, 0.3) is 11.4 Å². The van der Waals surface area contributed by atoms with E-state index in [1.165, 1.54) is 16.4 Å². The number of ether oxygens (including phenoxy) is 2. The van der Waals surface area contributed by atoms with Gasteiger partial charge in [0.1, 0.15) is 5.75 Å². The molecule has 1 aromatic heterocycles. The third-order valence-corrected chi connectivity index (χ3v) is 4.01. The van der Waals surface area contributed by atoms with Crippen molar-refractivity contribution in [2.24, 2.45) is 0 Å². The maximum absolute atomic E-state index is 11.6. The summed E-state index contributed by atoms with van der Waals surface area (Å²) >= 11 is 1.20. The highest BCUT2D eigenvalue weighted by molar-refractivity contribution is 7.99. The zero-order chi connectivity index (χ0) is 16.7. The fourth-order valence-electron chi connectivity index (χ4n) is 1.81. The third-order valence-electron chi connectivity index (χ3n) is 3.09. The van der Waals surface area contributed by atoms with Gasteiger partial charge in [0.05, 0.1) is 19.5 Å². The Morgan fingerprint density at radius 3 is 2.70 bits per heavy atom. The van der Waals surface area contributed by atoms with Crippen molar-refractivity contribution in [2.75, 3.05) is 25.3 Å². The van der Waals surface area contributed by atoms with Gasteiger partial charge in [-0.15, -0.1) is 10.2 Å². The van der Waals surface area contributed by atoms with Gasteiger partial charge in [0.25, 0.3) is 0 Å². The molecule has 0 fully saturated rings. The molecule has 7 nitrogen and oxygen atoms in total. The number of methoxy groups -OCH3 is 1. The molecular weight excluding hydrogens is 316 g/mol. The lowest BCUT2D eigenvalue weighted by atomic mass is 10.2. The van der Waals surface area contributed by atoms with Gasteiger partial charge >= 0.3 is 5.97 Å². The molecular formula is C15H20N4O3S. The summed E-state index contributed by atoms with van der Waals surface area (Å²) in [7, 11) is 1.61. The molecule has 124 valence electrons. The molecule has 0 spiro atoms. The van der Waals surface area contributed by atoms with Crippen LogP contribution in [-0.2, 0) is 9.53 Å². The quantitative estimate of drug-likeness (QED) is 0.341. The Hall–Kier alpha value is -2.22. The van der Waals surface area contributed by atoms with E-state index in [4.69, 9.17) is 15.3 Å². The lowest BCUT2D eigenvalue weighted by Crippen LogP contribution is -2.13. The van der Waals surface area contributed by atoms with E-state index in [0.29, 0.717) is 17.6 Å². The molecule has 0 bridgehead atoms. The van der Waals surface area contributed by atoms with Crippen molar-refractivity contribution in [3.63, 3.8) is 0 Å². The number of benzene rings is 1. The summed E-state index contributed by atoms with van der Waals surface area (Å²) in [5.41, 5.74) is 0.818. The van der Waals surface area contributed by atoms with Gasteiger partial charge < -0.3 is 15.3 Å². The number of carbonyl (C=O) groups is 1. The summed E-state index contributed by atoms with van der Waals surface area (Å²) in [6, 6.07) is 7.34. The number of carbonyl (C=O) groups excluding carboxylic acids is 1. The number of thioether (sulfide) groups is 1. The predicted octanol–water partition coefficient (Wildman–Crippen LogP) is 2.10. The molecule has 0 unspecified atom stereocenters. The minimum atomic E-state index is -0.280. The highest BCUT2D eigenvalue weighted by Crippen LogP contribution is 2.23. The van der Waals surface area contributed by atoms with Crippen molar-refractivity contribution < 1.29 is 14.3 Å². The fourth-order valence-corrected chi connectivity index (χ4v) is 2.46. The van der Waals surface area contributed by atoms with Gasteiger partial charge in [0, 0.05) is 5.56 Å². The van der Waals surface area contributed by atoms with E-state index in [0.717, 1.165) is 24.2 Å². The van der Waals surface area contributed by atoms with E-state index in [-0.39, 0.29) is 11.7 Å². The molecule has 2 N–H and O–H groups in total. The average Bonchev–Trinajstić information content (AvgIpc) is 2.94. The summed E-state index contributed by atoms with van der Waals surface area (Å²) in [6.45, 7) is 2.49. The largest absolute Gasteiger partial charge is 0.497 e. The number of unbranched alkanes of at least 4 members (excludes halogenated alkanes) is 1. The van der Waals surface area contributed by atoms with Gasteiger partial charge in [-0.2, -0.15) is 0 Å². The Labute approximate surface area is 139 Å². The zero-order valence-electron chi connectivity index (χ0n) is 13.2. The first-order valence-electron chi connectivity index (χ1n) is 7.29. The van der Waals surface area contributed by atoms with Crippen molar-refractivity contribution >= 4 is 17.7 Å². The van der Waals surface area contributed by atoms with E-state index >= 15 is 0 Å². The van der Waals surface area contributed by atoms with Crippen LogP contribution in [0.5, 0.6) is 5.75 Å². The first-order valence-corrected chi connectivity index (χ1v) is 8.27. The van der Waals surface area contributed by atoms with E-state index in [9.17, 15) is 4.79 Å². The number of nitrogens with zero attached hydrogens (tertiary/aromatic N) is 3. The van der Waals surface area contributed by atoms with Crippen LogP contribution in [0.4, 0.5) is 0 Å². The lowest BCUT2D eigenvalue weighted by molar-refractivity contribution is -0.140. The molecule has 0 amide bonds. The van der Waals surface area contributed by atoms with Gasteiger partial charge in [0.2, 0.25) is 5.16 Å². The number of hydrogen-bond acceptors (Lipinski definition) is 7.